The van der Waals surface area contributed by atoms with E-state index >= 15 is 0 Å². The third-order valence-electron chi connectivity index (χ3n) is 2.59. The van der Waals surface area contributed by atoms with Gasteiger partial charge in [-0.3, -0.25) is 0 Å². The SMILES string of the molecule is CCc1cccc(Oc2cc(C#N)cc(C)n2)c1. The minimum Gasteiger partial charge on any atom is -0.439 e. The molecule has 3 nitrogen and oxygen atoms in total. The summed E-state index contributed by atoms with van der Waals surface area (Å²) in [6.45, 7) is 3.94. The summed E-state index contributed by atoms with van der Waals surface area (Å²) in [5, 5.41) is 8.90. The van der Waals surface area contributed by atoms with Gasteiger partial charge in [-0.25, -0.2) is 4.98 Å². The van der Waals surface area contributed by atoms with Gasteiger partial charge in [0.25, 0.3) is 0 Å². The quantitative estimate of drug-likeness (QED) is 0.820. The molecule has 0 radical (unpaired) electrons. The van der Waals surface area contributed by atoms with Gasteiger partial charge in [0.2, 0.25) is 5.88 Å². The monoisotopic (exact) mass is 238 g/mol. The number of hydrogen-bond donors (Lipinski definition) is 0. The van der Waals surface area contributed by atoms with Crippen LogP contribution < -0.4 is 4.74 Å². The van der Waals surface area contributed by atoms with E-state index in [1.807, 2.05) is 25.1 Å². The van der Waals surface area contributed by atoms with Gasteiger partial charge in [-0.05, 0) is 37.1 Å². The molecule has 90 valence electrons. The number of nitriles is 1. The lowest BCUT2D eigenvalue weighted by Gasteiger charge is -2.07. The van der Waals surface area contributed by atoms with Crippen molar-refractivity contribution in [3.63, 3.8) is 0 Å². The third kappa shape index (κ3) is 2.86. The topological polar surface area (TPSA) is 45.9 Å². The smallest absolute Gasteiger partial charge is 0.220 e. The van der Waals surface area contributed by atoms with Gasteiger partial charge < -0.3 is 4.74 Å². The molecule has 2 rings (SSSR count). The van der Waals surface area contributed by atoms with Crippen molar-refractivity contribution in [3.05, 3.63) is 53.2 Å². The van der Waals surface area contributed by atoms with Crippen molar-refractivity contribution in [2.45, 2.75) is 20.3 Å². The highest BCUT2D eigenvalue weighted by Crippen LogP contribution is 2.22. The van der Waals surface area contributed by atoms with E-state index in [1.165, 1.54) is 5.56 Å². The van der Waals surface area contributed by atoms with E-state index in [1.54, 1.807) is 12.1 Å². The Morgan fingerprint density at radius 2 is 2.11 bits per heavy atom. The van der Waals surface area contributed by atoms with Crippen molar-refractivity contribution in [1.82, 2.24) is 4.98 Å². The summed E-state index contributed by atoms with van der Waals surface area (Å²) in [5.41, 5.74) is 2.54. The molecule has 1 aromatic carbocycles. The predicted octanol–water partition coefficient (Wildman–Crippen LogP) is 3.62. The van der Waals surface area contributed by atoms with Gasteiger partial charge in [-0.2, -0.15) is 5.26 Å². The average molecular weight is 238 g/mol. The molecule has 0 unspecified atom stereocenters. The van der Waals surface area contributed by atoms with Gasteiger partial charge in [-0.15, -0.1) is 0 Å². The highest BCUT2D eigenvalue weighted by Gasteiger charge is 2.03. The molecular weight excluding hydrogens is 224 g/mol. The van der Waals surface area contributed by atoms with Crippen LogP contribution in [-0.4, -0.2) is 4.98 Å². The van der Waals surface area contributed by atoms with Gasteiger partial charge >= 0.3 is 0 Å². The number of nitrogens with zero attached hydrogens (tertiary/aromatic N) is 2. The second kappa shape index (κ2) is 5.33. The molecule has 0 bridgehead atoms. The molecule has 0 aliphatic heterocycles. The van der Waals surface area contributed by atoms with E-state index in [9.17, 15) is 0 Å². The Hall–Kier alpha value is -2.34. The zero-order valence-electron chi connectivity index (χ0n) is 10.5. The van der Waals surface area contributed by atoms with Crippen LogP contribution in [0, 0.1) is 18.3 Å². The van der Waals surface area contributed by atoms with Crippen molar-refractivity contribution < 1.29 is 4.74 Å². The molecule has 0 spiro atoms. The van der Waals surface area contributed by atoms with Crippen LogP contribution in [0.4, 0.5) is 0 Å². The second-order valence-corrected chi connectivity index (χ2v) is 4.05. The highest BCUT2D eigenvalue weighted by molar-refractivity contribution is 5.37. The normalized spacial score (nSPS) is 9.83. The molecule has 18 heavy (non-hydrogen) atoms. The van der Waals surface area contributed by atoms with Crippen molar-refractivity contribution in [2.75, 3.05) is 0 Å². The second-order valence-electron chi connectivity index (χ2n) is 4.05. The molecule has 0 N–H and O–H groups in total. The molecular formula is C15H14N2O. The predicted molar refractivity (Wildman–Crippen MR) is 69.6 cm³/mol. The fraction of sp³-hybridized carbons (Fsp3) is 0.200. The van der Waals surface area contributed by atoms with Gasteiger partial charge in [-0.1, -0.05) is 19.1 Å². The van der Waals surface area contributed by atoms with Crippen LogP contribution in [0.25, 0.3) is 0 Å². The Morgan fingerprint density at radius 3 is 2.83 bits per heavy atom. The Morgan fingerprint density at radius 1 is 1.28 bits per heavy atom. The zero-order valence-corrected chi connectivity index (χ0v) is 10.5. The number of ether oxygens (including phenoxy) is 1. The summed E-state index contributed by atoms with van der Waals surface area (Å²) < 4.78 is 5.68. The molecule has 0 saturated heterocycles. The highest BCUT2D eigenvalue weighted by atomic mass is 16.5. The summed E-state index contributed by atoms with van der Waals surface area (Å²) in [5.74, 6) is 1.20. The first-order valence-corrected chi connectivity index (χ1v) is 5.87. The summed E-state index contributed by atoms with van der Waals surface area (Å²) in [6, 6.07) is 13.3. The van der Waals surface area contributed by atoms with Gasteiger partial charge in [0.1, 0.15) is 5.75 Å². The third-order valence-corrected chi connectivity index (χ3v) is 2.59. The van der Waals surface area contributed by atoms with Gasteiger partial charge in [0, 0.05) is 11.8 Å². The Kier molecular flexibility index (Phi) is 3.59. The van der Waals surface area contributed by atoms with E-state index in [2.05, 4.69) is 24.0 Å². The van der Waals surface area contributed by atoms with Gasteiger partial charge in [0.05, 0.1) is 11.6 Å². The lowest BCUT2D eigenvalue weighted by Crippen LogP contribution is -1.92. The number of pyridine rings is 1. The fourth-order valence-electron chi connectivity index (χ4n) is 1.70. The van der Waals surface area contributed by atoms with E-state index in [4.69, 9.17) is 10.00 Å². The molecule has 0 aliphatic carbocycles. The van der Waals surface area contributed by atoms with E-state index in [0.717, 1.165) is 17.9 Å². The number of benzene rings is 1. The lowest BCUT2D eigenvalue weighted by molar-refractivity contribution is 0.461. The van der Waals surface area contributed by atoms with Crippen LogP contribution in [-0.2, 0) is 6.42 Å². The summed E-state index contributed by atoms with van der Waals surface area (Å²) >= 11 is 0. The number of rotatable bonds is 3. The molecule has 0 amide bonds. The average Bonchev–Trinajstić information content (AvgIpc) is 2.38. The van der Waals surface area contributed by atoms with Crippen LogP contribution >= 0.6 is 0 Å². The Labute approximate surface area is 107 Å². The van der Waals surface area contributed by atoms with Crippen molar-refractivity contribution in [3.8, 4) is 17.7 Å². The van der Waals surface area contributed by atoms with Crippen LogP contribution in [0.1, 0.15) is 23.7 Å². The molecule has 0 atom stereocenters. The molecule has 2 aromatic rings. The maximum atomic E-state index is 8.90. The first-order chi connectivity index (χ1) is 8.71. The maximum absolute atomic E-state index is 8.90. The van der Waals surface area contributed by atoms with Crippen LogP contribution in [0.15, 0.2) is 36.4 Å². The minimum atomic E-state index is 0.458. The minimum absolute atomic E-state index is 0.458. The molecule has 1 heterocycles. The molecule has 0 aliphatic rings. The maximum Gasteiger partial charge on any atom is 0.220 e. The van der Waals surface area contributed by atoms with E-state index in [0.29, 0.717) is 11.4 Å². The number of hydrogen-bond acceptors (Lipinski definition) is 3. The van der Waals surface area contributed by atoms with E-state index < -0.39 is 0 Å². The van der Waals surface area contributed by atoms with Crippen LogP contribution in [0.5, 0.6) is 11.6 Å². The van der Waals surface area contributed by atoms with Crippen molar-refractivity contribution in [2.24, 2.45) is 0 Å². The fourth-order valence-corrected chi connectivity index (χ4v) is 1.70. The first-order valence-electron chi connectivity index (χ1n) is 5.87. The standard InChI is InChI=1S/C15H14N2O/c1-3-12-5-4-6-14(8-12)18-15-9-13(10-16)7-11(2)17-15/h4-9H,3H2,1-2H3. The molecule has 0 saturated carbocycles. The van der Waals surface area contributed by atoms with Crippen LogP contribution in [0.3, 0.4) is 0 Å². The van der Waals surface area contributed by atoms with Crippen molar-refractivity contribution in [1.29, 1.82) is 5.26 Å². The van der Waals surface area contributed by atoms with Gasteiger partial charge in [0.15, 0.2) is 0 Å². The zero-order chi connectivity index (χ0) is 13.0. The molecule has 1 aromatic heterocycles. The number of aromatic nitrogens is 1. The van der Waals surface area contributed by atoms with E-state index in [-0.39, 0.29) is 0 Å². The largest absolute Gasteiger partial charge is 0.439 e. The summed E-state index contributed by atoms with van der Waals surface area (Å²) in [6.07, 6.45) is 0.960. The van der Waals surface area contributed by atoms with Crippen LogP contribution in [0.2, 0.25) is 0 Å². The summed E-state index contributed by atoms with van der Waals surface area (Å²) in [4.78, 5) is 4.26. The Bertz CT molecular complexity index is 600. The molecule has 0 fully saturated rings. The summed E-state index contributed by atoms with van der Waals surface area (Å²) in [7, 11) is 0. The molecule has 3 heteroatoms. The number of aryl methyl sites for hydroxylation is 2. The Balaban J connectivity index is 2.28. The van der Waals surface area contributed by atoms with Crippen molar-refractivity contribution >= 4 is 0 Å². The lowest BCUT2D eigenvalue weighted by atomic mass is 10.2. The first kappa shape index (κ1) is 12.1.